The number of hydrogen-bond acceptors (Lipinski definition) is 4. The van der Waals surface area contributed by atoms with Crippen molar-refractivity contribution in [3.63, 3.8) is 0 Å². The van der Waals surface area contributed by atoms with Gasteiger partial charge < -0.3 is 10.4 Å². The summed E-state index contributed by atoms with van der Waals surface area (Å²) < 4.78 is 0. The second-order valence-corrected chi connectivity index (χ2v) is 4.90. The first-order valence-electron chi connectivity index (χ1n) is 5.20. The number of hydrogen-bond donors (Lipinski definition) is 2. The minimum absolute atomic E-state index is 0.156. The topological polar surface area (TPSA) is 45.1 Å². The van der Waals surface area contributed by atoms with Crippen molar-refractivity contribution >= 4 is 23.4 Å². The highest BCUT2D eigenvalue weighted by atomic mass is 35.5. The fourth-order valence-corrected chi connectivity index (χ4v) is 1.92. The van der Waals surface area contributed by atoms with E-state index in [1.54, 1.807) is 24.0 Å². The van der Waals surface area contributed by atoms with E-state index in [0.29, 0.717) is 11.7 Å². The van der Waals surface area contributed by atoms with Crippen LogP contribution in [0.25, 0.3) is 0 Å². The molecule has 0 saturated heterocycles. The smallest absolute Gasteiger partial charge is 0.129 e. The summed E-state index contributed by atoms with van der Waals surface area (Å²) in [6.07, 6.45) is 4.79. The maximum absolute atomic E-state index is 9.17. The predicted octanol–water partition coefficient (Wildman–Crippen LogP) is 1.94. The summed E-state index contributed by atoms with van der Waals surface area (Å²) >= 11 is 7.48. The van der Waals surface area contributed by atoms with Gasteiger partial charge in [-0.3, -0.25) is 0 Å². The van der Waals surface area contributed by atoms with E-state index in [1.807, 2.05) is 6.07 Å². The number of pyridine rings is 1. The Morgan fingerprint density at radius 2 is 2.38 bits per heavy atom. The molecule has 0 bridgehead atoms. The molecule has 1 aromatic heterocycles. The number of nitrogens with one attached hydrogen (secondary N) is 1. The number of thioether (sulfide) groups is 1. The van der Waals surface area contributed by atoms with Crippen LogP contribution in [0.5, 0.6) is 0 Å². The molecule has 0 radical (unpaired) electrons. The highest BCUT2D eigenvalue weighted by Gasteiger charge is 2.05. The van der Waals surface area contributed by atoms with Crippen LogP contribution in [0, 0.1) is 0 Å². The van der Waals surface area contributed by atoms with Gasteiger partial charge in [-0.05, 0) is 30.1 Å². The van der Waals surface area contributed by atoms with E-state index in [-0.39, 0.29) is 12.6 Å². The van der Waals surface area contributed by atoms with Crippen LogP contribution in [0.2, 0.25) is 5.15 Å². The van der Waals surface area contributed by atoms with Gasteiger partial charge in [0, 0.05) is 18.8 Å². The van der Waals surface area contributed by atoms with Crippen molar-refractivity contribution in [1.29, 1.82) is 0 Å². The molecule has 0 spiro atoms. The Balaban J connectivity index is 2.34. The molecule has 0 amide bonds. The van der Waals surface area contributed by atoms with Gasteiger partial charge in [0.15, 0.2) is 0 Å². The molecular formula is C11H17ClN2OS. The van der Waals surface area contributed by atoms with Crippen molar-refractivity contribution in [2.75, 3.05) is 18.6 Å². The average molecular weight is 261 g/mol. The van der Waals surface area contributed by atoms with Gasteiger partial charge >= 0.3 is 0 Å². The number of aromatic nitrogens is 1. The Morgan fingerprint density at radius 3 is 2.94 bits per heavy atom. The number of nitrogens with zero attached hydrogens (tertiary/aromatic N) is 1. The molecule has 5 heteroatoms. The van der Waals surface area contributed by atoms with Crippen molar-refractivity contribution in [3.05, 3.63) is 29.0 Å². The SMILES string of the molecule is CSCCC(CO)NCc1ccc(Cl)nc1. The van der Waals surface area contributed by atoms with Crippen molar-refractivity contribution in [3.8, 4) is 0 Å². The third-order valence-corrected chi connectivity index (χ3v) is 3.14. The molecule has 3 nitrogen and oxygen atoms in total. The van der Waals surface area contributed by atoms with Gasteiger partial charge in [0.2, 0.25) is 0 Å². The van der Waals surface area contributed by atoms with Crippen LogP contribution < -0.4 is 5.32 Å². The first-order valence-corrected chi connectivity index (χ1v) is 6.97. The lowest BCUT2D eigenvalue weighted by atomic mass is 10.2. The molecule has 0 aliphatic heterocycles. The van der Waals surface area contributed by atoms with Crippen LogP contribution in [0.3, 0.4) is 0 Å². The summed E-state index contributed by atoms with van der Waals surface area (Å²) in [5.74, 6) is 1.05. The molecule has 1 atom stereocenters. The van der Waals surface area contributed by atoms with Gasteiger partial charge in [-0.15, -0.1) is 0 Å². The molecule has 0 aromatic carbocycles. The Hall–Kier alpha value is -0.290. The number of halogens is 1. The molecule has 1 aromatic rings. The predicted molar refractivity (Wildman–Crippen MR) is 70.0 cm³/mol. The zero-order chi connectivity index (χ0) is 11.8. The van der Waals surface area contributed by atoms with E-state index >= 15 is 0 Å². The van der Waals surface area contributed by atoms with Crippen molar-refractivity contribution in [2.45, 2.75) is 19.0 Å². The van der Waals surface area contributed by atoms with Crippen LogP contribution in [0.4, 0.5) is 0 Å². The third kappa shape index (κ3) is 5.16. The van der Waals surface area contributed by atoms with Crippen LogP contribution in [0.1, 0.15) is 12.0 Å². The summed E-state index contributed by atoms with van der Waals surface area (Å²) in [6, 6.07) is 3.86. The standard InChI is InChI=1S/C11H17ClN2OS/c1-16-5-4-10(8-15)13-6-9-2-3-11(12)14-7-9/h2-3,7,10,13,15H,4-6,8H2,1H3. The monoisotopic (exact) mass is 260 g/mol. The molecular weight excluding hydrogens is 244 g/mol. The Bertz CT molecular complexity index is 295. The van der Waals surface area contributed by atoms with Crippen LogP contribution in [-0.4, -0.2) is 34.7 Å². The molecule has 0 fully saturated rings. The van der Waals surface area contributed by atoms with E-state index in [4.69, 9.17) is 16.7 Å². The normalized spacial score (nSPS) is 12.7. The Kier molecular flexibility index (Phi) is 6.80. The quantitative estimate of drug-likeness (QED) is 0.736. The molecule has 0 aliphatic carbocycles. The van der Waals surface area contributed by atoms with Gasteiger partial charge in [-0.1, -0.05) is 17.7 Å². The number of aliphatic hydroxyl groups excluding tert-OH is 1. The van der Waals surface area contributed by atoms with Gasteiger partial charge in [0.05, 0.1) is 6.61 Å². The molecule has 1 unspecified atom stereocenters. The zero-order valence-electron chi connectivity index (χ0n) is 9.32. The fourth-order valence-electron chi connectivity index (χ4n) is 1.29. The summed E-state index contributed by atoms with van der Waals surface area (Å²) in [5.41, 5.74) is 1.08. The summed E-state index contributed by atoms with van der Waals surface area (Å²) in [4.78, 5) is 4.00. The zero-order valence-corrected chi connectivity index (χ0v) is 10.9. The molecule has 1 rings (SSSR count). The van der Waals surface area contributed by atoms with Gasteiger partial charge in [0.1, 0.15) is 5.15 Å². The molecule has 16 heavy (non-hydrogen) atoms. The first-order chi connectivity index (χ1) is 7.76. The second kappa shape index (κ2) is 7.90. The van der Waals surface area contributed by atoms with Crippen molar-refractivity contribution in [1.82, 2.24) is 10.3 Å². The Morgan fingerprint density at radius 1 is 1.56 bits per heavy atom. The lowest BCUT2D eigenvalue weighted by molar-refractivity contribution is 0.239. The van der Waals surface area contributed by atoms with Crippen LogP contribution in [0.15, 0.2) is 18.3 Å². The van der Waals surface area contributed by atoms with E-state index in [2.05, 4.69) is 16.6 Å². The number of aliphatic hydroxyl groups is 1. The third-order valence-electron chi connectivity index (χ3n) is 2.27. The minimum atomic E-state index is 0.156. The van der Waals surface area contributed by atoms with Crippen molar-refractivity contribution in [2.24, 2.45) is 0 Å². The minimum Gasteiger partial charge on any atom is -0.395 e. The molecule has 0 aliphatic rings. The second-order valence-electron chi connectivity index (χ2n) is 3.53. The lowest BCUT2D eigenvalue weighted by Gasteiger charge is -2.15. The largest absolute Gasteiger partial charge is 0.395 e. The van der Waals surface area contributed by atoms with E-state index in [0.717, 1.165) is 17.7 Å². The Labute approximate surface area is 106 Å². The van der Waals surface area contributed by atoms with E-state index < -0.39 is 0 Å². The maximum Gasteiger partial charge on any atom is 0.129 e. The highest BCUT2D eigenvalue weighted by Crippen LogP contribution is 2.06. The maximum atomic E-state index is 9.17. The van der Waals surface area contributed by atoms with Crippen LogP contribution in [-0.2, 0) is 6.54 Å². The van der Waals surface area contributed by atoms with E-state index in [9.17, 15) is 0 Å². The molecule has 0 saturated carbocycles. The van der Waals surface area contributed by atoms with Gasteiger partial charge in [-0.2, -0.15) is 11.8 Å². The molecule has 90 valence electrons. The fraction of sp³-hybridized carbons (Fsp3) is 0.545. The first kappa shape index (κ1) is 13.8. The lowest BCUT2D eigenvalue weighted by Crippen LogP contribution is -2.32. The summed E-state index contributed by atoms with van der Waals surface area (Å²) in [5, 5.41) is 13.0. The average Bonchev–Trinajstić information content (AvgIpc) is 2.32. The molecule has 2 N–H and O–H groups in total. The van der Waals surface area contributed by atoms with Crippen molar-refractivity contribution < 1.29 is 5.11 Å². The highest BCUT2D eigenvalue weighted by molar-refractivity contribution is 7.98. The van der Waals surface area contributed by atoms with Gasteiger partial charge in [-0.25, -0.2) is 4.98 Å². The summed E-state index contributed by atoms with van der Waals surface area (Å²) in [6.45, 7) is 0.880. The van der Waals surface area contributed by atoms with E-state index in [1.165, 1.54) is 0 Å². The summed E-state index contributed by atoms with van der Waals surface area (Å²) in [7, 11) is 0. The number of rotatable bonds is 7. The van der Waals surface area contributed by atoms with Crippen LogP contribution >= 0.6 is 23.4 Å². The molecule has 1 heterocycles. The van der Waals surface area contributed by atoms with Gasteiger partial charge in [0.25, 0.3) is 0 Å².